The van der Waals surface area contributed by atoms with Crippen LogP contribution in [0, 0.1) is 5.82 Å². The number of hydrogen-bond acceptors (Lipinski definition) is 5. The van der Waals surface area contributed by atoms with Crippen LogP contribution in [0.3, 0.4) is 0 Å². The van der Waals surface area contributed by atoms with Gasteiger partial charge in [-0.05, 0) is 47.7 Å². The first-order chi connectivity index (χ1) is 12.5. The van der Waals surface area contributed by atoms with Gasteiger partial charge in [0.1, 0.15) is 12.4 Å². The molecule has 8 heteroatoms. The lowest BCUT2D eigenvalue weighted by Crippen LogP contribution is -2.17. The predicted octanol–water partition coefficient (Wildman–Crippen LogP) is 4.39. The standard InChI is InChI=1S/C18H13ClFNO4S/c1-24-15-7-10(8-16-17(22)21-18(23)26-16)5-6-14(15)25-9-11-12(19)3-2-4-13(11)20/h2-8H,9H2,1H3,(H,21,22,23)/b16-8+. The van der Waals surface area contributed by atoms with Crippen LogP contribution in [-0.2, 0) is 11.4 Å². The summed E-state index contributed by atoms with van der Waals surface area (Å²) in [4.78, 5) is 23.1. The Labute approximate surface area is 158 Å². The summed E-state index contributed by atoms with van der Waals surface area (Å²) in [5, 5.41) is 2.06. The second-order valence-corrected chi connectivity index (χ2v) is 6.67. The Kier molecular flexibility index (Phi) is 5.49. The van der Waals surface area contributed by atoms with E-state index >= 15 is 0 Å². The molecule has 0 aromatic heterocycles. The van der Waals surface area contributed by atoms with Gasteiger partial charge in [-0.3, -0.25) is 14.9 Å². The van der Waals surface area contributed by atoms with Crippen LogP contribution in [-0.4, -0.2) is 18.3 Å². The zero-order chi connectivity index (χ0) is 18.7. The molecule has 2 aromatic rings. The molecule has 0 unspecified atom stereocenters. The van der Waals surface area contributed by atoms with Crippen LogP contribution in [0.15, 0.2) is 41.3 Å². The Morgan fingerprint density at radius 3 is 2.69 bits per heavy atom. The lowest BCUT2D eigenvalue weighted by molar-refractivity contribution is -0.115. The summed E-state index contributed by atoms with van der Waals surface area (Å²) < 4.78 is 24.7. The summed E-state index contributed by atoms with van der Waals surface area (Å²) in [6.07, 6.45) is 1.57. The van der Waals surface area contributed by atoms with E-state index in [0.29, 0.717) is 22.0 Å². The van der Waals surface area contributed by atoms with Gasteiger partial charge in [-0.2, -0.15) is 0 Å². The van der Waals surface area contributed by atoms with E-state index in [-0.39, 0.29) is 17.2 Å². The van der Waals surface area contributed by atoms with Crippen LogP contribution in [0.2, 0.25) is 5.02 Å². The molecule has 1 saturated heterocycles. The Hall–Kier alpha value is -2.51. The molecule has 1 fully saturated rings. The molecule has 1 heterocycles. The molecule has 5 nitrogen and oxygen atoms in total. The van der Waals surface area contributed by atoms with Crippen LogP contribution >= 0.6 is 23.4 Å². The van der Waals surface area contributed by atoms with E-state index < -0.39 is 17.0 Å². The summed E-state index contributed by atoms with van der Waals surface area (Å²) >= 11 is 6.82. The predicted molar refractivity (Wildman–Crippen MR) is 97.8 cm³/mol. The number of hydrogen-bond donors (Lipinski definition) is 1. The average molecular weight is 394 g/mol. The van der Waals surface area contributed by atoms with E-state index in [2.05, 4.69) is 5.32 Å². The molecular formula is C18H13ClFNO4S. The minimum Gasteiger partial charge on any atom is -0.493 e. The van der Waals surface area contributed by atoms with Crippen molar-refractivity contribution in [3.8, 4) is 11.5 Å². The van der Waals surface area contributed by atoms with Crippen molar-refractivity contribution in [3.63, 3.8) is 0 Å². The second-order valence-electron chi connectivity index (χ2n) is 5.25. The normalized spacial score (nSPS) is 15.3. The summed E-state index contributed by atoms with van der Waals surface area (Å²) in [5.74, 6) is -0.0876. The molecule has 26 heavy (non-hydrogen) atoms. The van der Waals surface area contributed by atoms with Gasteiger partial charge in [-0.15, -0.1) is 0 Å². The number of carbonyl (C=O) groups excluding carboxylic acids is 2. The molecule has 0 aliphatic carbocycles. The summed E-state index contributed by atoms with van der Waals surface area (Å²) in [6.45, 7) is -0.0605. The number of benzene rings is 2. The molecule has 1 aliphatic heterocycles. The number of ether oxygens (including phenoxy) is 2. The van der Waals surface area contributed by atoms with Crippen molar-refractivity contribution < 1.29 is 23.5 Å². The van der Waals surface area contributed by atoms with Crippen LogP contribution in [0.5, 0.6) is 11.5 Å². The lowest BCUT2D eigenvalue weighted by Gasteiger charge is -2.12. The van der Waals surface area contributed by atoms with Crippen molar-refractivity contribution in [2.75, 3.05) is 7.11 Å². The van der Waals surface area contributed by atoms with Crippen molar-refractivity contribution in [1.29, 1.82) is 0 Å². The number of imide groups is 1. The number of thioether (sulfide) groups is 1. The maximum absolute atomic E-state index is 13.8. The largest absolute Gasteiger partial charge is 0.493 e. The first kappa shape index (κ1) is 18.3. The van der Waals surface area contributed by atoms with E-state index in [4.69, 9.17) is 21.1 Å². The highest BCUT2D eigenvalue weighted by Gasteiger charge is 2.25. The van der Waals surface area contributed by atoms with E-state index in [9.17, 15) is 14.0 Å². The van der Waals surface area contributed by atoms with Crippen molar-refractivity contribution in [2.24, 2.45) is 0 Å². The maximum Gasteiger partial charge on any atom is 0.290 e. The van der Waals surface area contributed by atoms with E-state index in [0.717, 1.165) is 11.8 Å². The maximum atomic E-state index is 13.8. The highest BCUT2D eigenvalue weighted by atomic mass is 35.5. The van der Waals surface area contributed by atoms with Gasteiger partial charge in [0.25, 0.3) is 11.1 Å². The monoisotopic (exact) mass is 393 g/mol. The van der Waals surface area contributed by atoms with Gasteiger partial charge in [-0.1, -0.05) is 23.7 Å². The smallest absolute Gasteiger partial charge is 0.290 e. The molecule has 3 rings (SSSR count). The van der Waals surface area contributed by atoms with Gasteiger partial charge in [-0.25, -0.2) is 4.39 Å². The first-order valence-corrected chi connectivity index (χ1v) is 8.66. The van der Waals surface area contributed by atoms with Crippen LogP contribution < -0.4 is 14.8 Å². The van der Waals surface area contributed by atoms with Crippen molar-refractivity contribution in [1.82, 2.24) is 5.32 Å². The van der Waals surface area contributed by atoms with Crippen LogP contribution in [0.25, 0.3) is 6.08 Å². The molecule has 0 bridgehead atoms. The Balaban J connectivity index is 1.80. The van der Waals surface area contributed by atoms with Crippen LogP contribution in [0.1, 0.15) is 11.1 Å². The Morgan fingerprint density at radius 2 is 2.04 bits per heavy atom. The van der Waals surface area contributed by atoms with Crippen molar-refractivity contribution >= 4 is 40.6 Å². The number of carbonyl (C=O) groups is 2. The highest BCUT2D eigenvalue weighted by Crippen LogP contribution is 2.32. The van der Waals surface area contributed by atoms with Crippen molar-refractivity contribution in [3.05, 3.63) is 63.3 Å². The topological polar surface area (TPSA) is 64.6 Å². The van der Waals surface area contributed by atoms with E-state index in [1.165, 1.54) is 19.2 Å². The molecule has 0 atom stereocenters. The molecule has 1 N–H and O–H groups in total. The van der Waals surface area contributed by atoms with Gasteiger partial charge < -0.3 is 9.47 Å². The number of halogens is 2. The van der Waals surface area contributed by atoms with Gasteiger partial charge in [0, 0.05) is 5.56 Å². The fourth-order valence-electron chi connectivity index (χ4n) is 2.29. The average Bonchev–Trinajstić information content (AvgIpc) is 2.92. The van der Waals surface area contributed by atoms with Crippen LogP contribution in [0.4, 0.5) is 9.18 Å². The summed E-state index contributed by atoms with van der Waals surface area (Å²) in [5.41, 5.74) is 0.908. The third-order valence-corrected chi connectivity index (χ3v) is 4.73. The molecule has 2 amide bonds. The summed E-state index contributed by atoms with van der Waals surface area (Å²) in [7, 11) is 1.47. The summed E-state index contributed by atoms with van der Waals surface area (Å²) in [6, 6.07) is 9.40. The molecular weight excluding hydrogens is 381 g/mol. The lowest BCUT2D eigenvalue weighted by atomic mass is 10.2. The quantitative estimate of drug-likeness (QED) is 0.763. The zero-order valence-corrected chi connectivity index (χ0v) is 15.1. The molecule has 0 radical (unpaired) electrons. The van der Waals surface area contributed by atoms with E-state index in [1.54, 1.807) is 30.3 Å². The van der Waals surface area contributed by atoms with Gasteiger partial charge in [0.2, 0.25) is 0 Å². The second kappa shape index (κ2) is 7.80. The Morgan fingerprint density at radius 1 is 1.23 bits per heavy atom. The van der Waals surface area contributed by atoms with E-state index in [1.807, 2.05) is 0 Å². The van der Waals surface area contributed by atoms with Gasteiger partial charge in [0.05, 0.1) is 17.0 Å². The minimum atomic E-state index is -0.452. The fourth-order valence-corrected chi connectivity index (χ4v) is 3.19. The number of rotatable bonds is 5. The molecule has 0 spiro atoms. The molecule has 0 saturated carbocycles. The minimum absolute atomic E-state index is 0.0605. The van der Waals surface area contributed by atoms with Gasteiger partial charge in [0.15, 0.2) is 11.5 Å². The first-order valence-electron chi connectivity index (χ1n) is 7.46. The molecule has 1 aliphatic rings. The zero-order valence-electron chi connectivity index (χ0n) is 13.5. The number of methoxy groups -OCH3 is 1. The number of nitrogens with one attached hydrogen (secondary N) is 1. The number of amides is 2. The highest BCUT2D eigenvalue weighted by molar-refractivity contribution is 8.18. The molecule has 2 aromatic carbocycles. The van der Waals surface area contributed by atoms with Crippen molar-refractivity contribution in [2.45, 2.75) is 6.61 Å². The fraction of sp³-hybridized carbons (Fsp3) is 0.111. The third-order valence-electron chi connectivity index (χ3n) is 3.56. The SMILES string of the molecule is COc1cc(/C=C2/SC(=O)NC2=O)ccc1OCc1c(F)cccc1Cl. The van der Waals surface area contributed by atoms with Gasteiger partial charge >= 0.3 is 0 Å². The molecule has 134 valence electrons. The Bertz CT molecular complexity index is 896. The third kappa shape index (κ3) is 4.00.